The molecule has 1 radical (unpaired) electrons. The first-order valence-electron chi connectivity index (χ1n) is 5.01. The van der Waals surface area contributed by atoms with E-state index in [-0.39, 0.29) is 32.7 Å². The molecule has 0 aliphatic carbocycles. The van der Waals surface area contributed by atoms with E-state index in [9.17, 15) is 0 Å². The van der Waals surface area contributed by atoms with E-state index in [0.29, 0.717) is 18.3 Å². The minimum Gasteiger partial charge on any atom is -0.508 e. The predicted molar refractivity (Wildman–Crippen MR) is 61.4 cm³/mol. The number of hydrogen-bond acceptors (Lipinski definition) is 2. The van der Waals surface area contributed by atoms with Crippen LogP contribution >= 0.6 is 0 Å². The monoisotopic (exact) mass is 287 g/mol. The third-order valence-electron chi connectivity index (χ3n) is 1.12. The zero-order valence-electron chi connectivity index (χ0n) is 10.1. The largest absolute Gasteiger partial charge is 0.508 e. The molecule has 0 heterocycles. The molecule has 0 saturated carbocycles. The molecule has 3 heteroatoms. The van der Waals surface area contributed by atoms with Gasteiger partial charge in [0, 0.05) is 39.3 Å². The van der Waals surface area contributed by atoms with Crippen molar-refractivity contribution in [2.45, 2.75) is 27.7 Å². The summed E-state index contributed by atoms with van der Waals surface area (Å²) in [4.78, 5) is 0. The Kier molecular flexibility index (Phi) is 22.6. The molecule has 0 spiro atoms. The second-order valence-electron chi connectivity index (χ2n) is 2.91. The van der Waals surface area contributed by atoms with E-state index in [1.165, 1.54) is 0 Å². The molecule has 0 saturated heterocycles. The summed E-state index contributed by atoms with van der Waals surface area (Å²) in [6, 6.07) is 8.71. The molecule has 0 unspecified atom stereocenters. The number of aliphatic hydroxyl groups excluding tert-OH is 1. The maximum absolute atomic E-state index is 8.63. The Bertz CT molecular complexity index is 188. The topological polar surface area (TPSA) is 40.5 Å². The van der Waals surface area contributed by atoms with Crippen molar-refractivity contribution in [2.75, 3.05) is 6.61 Å². The Morgan fingerprint density at radius 2 is 1.40 bits per heavy atom. The fourth-order valence-corrected chi connectivity index (χ4v) is 0.428. The summed E-state index contributed by atoms with van der Waals surface area (Å²) in [6.45, 7) is 8.25. The molecule has 1 aromatic rings. The van der Waals surface area contributed by atoms with Gasteiger partial charge < -0.3 is 10.2 Å². The van der Waals surface area contributed by atoms with Gasteiger partial charge in [0.25, 0.3) is 0 Å². The summed E-state index contributed by atoms with van der Waals surface area (Å²) < 4.78 is 0. The van der Waals surface area contributed by atoms with Gasteiger partial charge in [-0.05, 0) is 18.1 Å². The van der Waals surface area contributed by atoms with Crippen LogP contribution in [0, 0.1) is 5.92 Å². The van der Waals surface area contributed by atoms with E-state index in [1.54, 1.807) is 24.3 Å². The molecule has 0 fully saturated rings. The second-order valence-corrected chi connectivity index (χ2v) is 2.91. The molecule has 2 N–H and O–H groups in total. The fraction of sp³-hybridized carbons (Fsp3) is 0.500. The van der Waals surface area contributed by atoms with Crippen LogP contribution in [0.25, 0.3) is 0 Å². The van der Waals surface area contributed by atoms with Crippen molar-refractivity contribution in [3.05, 3.63) is 30.3 Å². The molecule has 1 aromatic carbocycles. The molecule has 0 aliphatic heterocycles. The van der Waals surface area contributed by atoms with Crippen LogP contribution in [0.3, 0.4) is 0 Å². The van der Waals surface area contributed by atoms with E-state index in [0.717, 1.165) is 0 Å². The van der Waals surface area contributed by atoms with Crippen LogP contribution in [0.4, 0.5) is 0 Å². The smallest absolute Gasteiger partial charge is 0.115 e. The zero-order chi connectivity index (χ0) is 11.4. The van der Waals surface area contributed by atoms with E-state index >= 15 is 0 Å². The van der Waals surface area contributed by atoms with Gasteiger partial charge in [0.15, 0.2) is 0 Å². The number of hydrogen-bond donors (Lipinski definition) is 2. The van der Waals surface area contributed by atoms with Crippen molar-refractivity contribution in [1.82, 2.24) is 0 Å². The van der Waals surface area contributed by atoms with E-state index in [2.05, 4.69) is 0 Å². The number of phenolic OH excluding ortho intramolecular Hbond substituents is 1. The van der Waals surface area contributed by atoms with E-state index < -0.39 is 0 Å². The summed E-state index contributed by atoms with van der Waals surface area (Å²) in [5, 5.41) is 16.8. The summed E-state index contributed by atoms with van der Waals surface area (Å²) >= 11 is 0. The van der Waals surface area contributed by atoms with Crippen molar-refractivity contribution in [1.29, 1.82) is 0 Å². The normalized spacial score (nSPS) is 7.60. The molecule has 0 aromatic heterocycles. The fourth-order valence-electron chi connectivity index (χ4n) is 0.428. The van der Waals surface area contributed by atoms with Crippen LogP contribution in [0.5, 0.6) is 5.75 Å². The molecule has 15 heavy (non-hydrogen) atoms. The Morgan fingerprint density at radius 1 is 1.07 bits per heavy atom. The van der Waals surface area contributed by atoms with Crippen molar-refractivity contribution in [3.8, 4) is 5.75 Å². The molecule has 0 bridgehead atoms. The Labute approximate surface area is 119 Å². The zero-order valence-corrected chi connectivity index (χ0v) is 13.0. The molecule has 2 nitrogen and oxygen atoms in total. The number of para-hydroxylation sites is 1. The predicted octanol–water partition coefficient (Wildman–Crippen LogP) is 3.05. The Hall–Kier alpha value is 0.0839. The average molecular weight is 287 g/mol. The van der Waals surface area contributed by atoms with Crippen LogP contribution in [0.2, 0.25) is 0 Å². The minimum atomic E-state index is 0. The van der Waals surface area contributed by atoms with Gasteiger partial charge in [-0.3, -0.25) is 0 Å². The molecule has 0 atom stereocenters. The number of aliphatic hydroxyl groups is 1. The number of phenols is 1. The first-order chi connectivity index (χ1) is 6.66. The van der Waals surface area contributed by atoms with Gasteiger partial charge in [0.2, 0.25) is 0 Å². The molecule has 1 rings (SSSR count). The molecule has 85 valence electrons. The Balaban J connectivity index is -0.000000162. The van der Waals surface area contributed by atoms with Crippen LogP contribution in [-0.4, -0.2) is 16.8 Å². The maximum atomic E-state index is 8.63. The number of aromatic hydroxyl groups is 1. The minimum absolute atomic E-state index is 0. The van der Waals surface area contributed by atoms with Gasteiger partial charge in [-0.25, -0.2) is 0 Å². The summed E-state index contributed by atoms with van der Waals surface area (Å²) in [5.41, 5.74) is 0. The number of rotatable bonds is 1. The first-order valence-corrected chi connectivity index (χ1v) is 5.01. The second kappa shape index (κ2) is 16.5. The van der Waals surface area contributed by atoms with Crippen molar-refractivity contribution >= 4 is 0 Å². The van der Waals surface area contributed by atoms with Crippen LogP contribution in [0.1, 0.15) is 27.7 Å². The number of benzene rings is 1. The average Bonchev–Trinajstić information content (AvgIpc) is 2.23. The van der Waals surface area contributed by atoms with Crippen LogP contribution in [0.15, 0.2) is 30.3 Å². The molecular weight excluding hydrogens is 265 g/mol. The van der Waals surface area contributed by atoms with Gasteiger partial charge in [-0.2, -0.15) is 0 Å². The van der Waals surface area contributed by atoms with Gasteiger partial charge in [0.05, 0.1) is 0 Å². The van der Waals surface area contributed by atoms with E-state index in [1.807, 2.05) is 33.8 Å². The summed E-state index contributed by atoms with van der Waals surface area (Å²) in [7, 11) is 0. The van der Waals surface area contributed by atoms with Crippen molar-refractivity contribution in [3.63, 3.8) is 0 Å². The van der Waals surface area contributed by atoms with Crippen molar-refractivity contribution < 1.29 is 42.9 Å². The third kappa shape index (κ3) is 20.2. The summed E-state index contributed by atoms with van der Waals surface area (Å²) in [5.74, 6) is 0.762. The van der Waals surface area contributed by atoms with Gasteiger partial charge in [-0.1, -0.05) is 45.9 Å². The third-order valence-corrected chi connectivity index (χ3v) is 1.12. The molecule has 0 aliphatic rings. The molecule has 0 amide bonds. The Morgan fingerprint density at radius 3 is 1.53 bits per heavy atom. The first kappa shape index (κ1) is 20.5. The van der Waals surface area contributed by atoms with Gasteiger partial charge in [-0.15, -0.1) is 0 Å². The quantitative estimate of drug-likeness (QED) is 0.833. The van der Waals surface area contributed by atoms with Crippen LogP contribution < -0.4 is 0 Å². The SMILES string of the molecule is CC.CC(C)CO.Oc1ccccc1.[Y]. The van der Waals surface area contributed by atoms with Gasteiger partial charge >= 0.3 is 0 Å². The van der Waals surface area contributed by atoms with Crippen LogP contribution in [-0.2, 0) is 32.7 Å². The summed E-state index contributed by atoms with van der Waals surface area (Å²) in [6.07, 6.45) is 0. The standard InChI is InChI=1S/C6H6O.C4H10O.C2H6.Y/c7-6-4-2-1-3-5-6;1-4(2)3-5;1-2;/h1-5,7H;4-5H,3H2,1-2H3;1-2H3;. The van der Waals surface area contributed by atoms with Gasteiger partial charge in [0.1, 0.15) is 5.75 Å². The maximum Gasteiger partial charge on any atom is 0.115 e. The van der Waals surface area contributed by atoms with Crippen molar-refractivity contribution in [2.24, 2.45) is 5.92 Å². The molecular formula is C12H22O2Y. The van der Waals surface area contributed by atoms with E-state index in [4.69, 9.17) is 10.2 Å².